The maximum Gasteiger partial charge on any atom is 0.246 e. The van der Waals surface area contributed by atoms with Crippen LogP contribution in [0.5, 0.6) is 11.5 Å². The Morgan fingerprint density at radius 2 is 2.04 bits per heavy atom. The van der Waals surface area contributed by atoms with Crippen LogP contribution in [0.25, 0.3) is 6.08 Å². The summed E-state index contributed by atoms with van der Waals surface area (Å²) in [6, 6.07) is 11.8. The number of likely N-dealkylation sites (N-methyl/N-ethyl adjacent to an activating group) is 1. The normalized spacial score (nSPS) is 12.6. The Balaban J connectivity index is 1.67. The number of hydrogen-bond acceptors (Lipinski definition) is 3. The minimum absolute atomic E-state index is 0.126. The van der Waals surface area contributed by atoms with Gasteiger partial charge in [0.25, 0.3) is 0 Å². The molecule has 2 aromatic rings. The number of nitrogens with zero attached hydrogens (tertiary/aromatic N) is 1. The van der Waals surface area contributed by atoms with Crippen molar-refractivity contribution in [2.24, 2.45) is 0 Å². The molecule has 0 aliphatic carbocycles. The molecule has 0 N–H and O–H groups in total. The second-order valence-electron chi connectivity index (χ2n) is 5.43. The highest BCUT2D eigenvalue weighted by Gasteiger charge is 2.13. The van der Waals surface area contributed by atoms with E-state index < -0.39 is 0 Å². The number of hydrogen-bond donors (Lipinski definition) is 0. The molecule has 1 amide bonds. The Bertz CT molecular complexity index is 773. The van der Waals surface area contributed by atoms with Crippen molar-refractivity contribution in [3.8, 4) is 11.5 Å². The number of ether oxygens (including phenoxy) is 2. The smallest absolute Gasteiger partial charge is 0.246 e. The third kappa shape index (κ3) is 3.74. The fourth-order valence-corrected chi connectivity index (χ4v) is 2.49. The van der Waals surface area contributed by atoms with Crippen molar-refractivity contribution in [3.05, 3.63) is 65.5 Å². The van der Waals surface area contributed by atoms with Gasteiger partial charge in [0.15, 0.2) is 11.5 Å². The second kappa shape index (κ2) is 7.17. The van der Waals surface area contributed by atoms with Crippen molar-refractivity contribution in [2.45, 2.75) is 13.5 Å². The van der Waals surface area contributed by atoms with Gasteiger partial charge in [-0.15, -0.1) is 0 Å². The molecule has 0 atom stereocenters. The van der Waals surface area contributed by atoms with Crippen LogP contribution in [0.1, 0.15) is 18.1 Å². The predicted molar refractivity (Wildman–Crippen MR) is 89.1 cm³/mol. The van der Waals surface area contributed by atoms with Crippen LogP contribution in [0, 0.1) is 5.82 Å². The summed E-state index contributed by atoms with van der Waals surface area (Å²) in [6.07, 6.45) is 3.25. The second-order valence-corrected chi connectivity index (χ2v) is 5.43. The van der Waals surface area contributed by atoms with E-state index in [0.717, 1.165) is 11.1 Å². The maximum atomic E-state index is 13.3. The van der Waals surface area contributed by atoms with Crippen LogP contribution in [0.15, 0.2) is 48.5 Å². The molecule has 0 saturated heterocycles. The molecule has 2 aromatic carbocycles. The number of fused-ring (bicyclic) bond motifs is 1. The third-order valence-electron chi connectivity index (χ3n) is 3.77. The monoisotopic (exact) mass is 327 g/mol. The highest BCUT2D eigenvalue weighted by molar-refractivity contribution is 5.91. The van der Waals surface area contributed by atoms with E-state index in [0.29, 0.717) is 24.6 Å². The highest BCUT2D eigenvalue weighted by Crippen LogP contribution is 2.32. The van der Waals surface area contributed by atoms with Crippen molar-refractivity contribution in [1.82, 2.24) is 4.90 Å². The van der Waals surface area contributed by atoms with E-state index in [1.165, 1.54) is 18.2 Å². The minimum atomic E-state index is -0.299. The average molecular weight is 327 g/mol. The van der Waals surface area contributed by atoms with Gasteiger partial charge in [-0.2, -0.15) is 0 Å². The summed E-state index contributed by atoms with van der Waals surface area (Å²) in [5.41, 5.74) is 1.62. The van der Waals surface area contributed by atoms with Gasteiger partial charge in [-0.05, 0) is 48.4 Å². The average Bonchev–Trinajstić information content (AvgIpc) is 3.05. The predicted octanol–water partition coefficient (Wildman–Crippen LogP) is 3.62. The summed E-state index contributed by atoms with van der Waals surface area (Å²) >= 11 is 0. The van der Waals surface area contributed by atoms with Crippen LogP contribution in [0.3, 0.4) is 0 Å². The molecule has 0 aromatic heterocycles. The van der Waals surface area contributed by atoms with Crippen LogP contribution in [-0.2, 0) is 11.3 Å². The van der Waals surface area contributed by atoms with Crippen LogP contribution in [0.2, 0.25) is 0 Å². The molecule has 3 rings (SSSR count). The zero-order chi connectivity index (χ0) is 16.9. The topological polar surface area (TPSA) is 38.8 Å². The SMILES string of the molecule is CCN(Cc1cccc(F)c1)C(=O)/C=C/c1ccc2c(c1)OCO2. The first kappa shape index (κ1) is 16.1. The lowest BCUT2D eigenvalue weighted by atomic mass is 10.1. The van der Waals surface area contributed by atoms with Crippen molar-refractivity contribution < 1.29 is 18.7 Å². The van der Waals surface area contributed by atoms with E-state index in [1.54, 1.807) is 23.1 Å². The Morgan fingerprint density at radius 3 is 2.83 bits per heavy atom. The van der Waals surface area contributed by atoms with E-state index >= 15 is 0 Å². The summed E-state index contributed by atoms with van der Waals surface area (Å²) in [6.45, 7) is 3.03. The zero-order valence-electron chi connectivity index (χ0n) is 13.4. The number of benzene rings is 2. The summed E-state index contributed by atoms with van der Waals surface area (Å²) in [5, 5.41) is 0. The number of carbonyl (C=O) groups excluding carboxylic acids is 1. The molecule has 0 fully saturated rings. The van der Waals surface area contributed by atoms with Crippen molar-refractivity contribution in [3.63, 3.8) is 0 Å². The van der Waals surface area contributed by atoms with Gasteiger partial charge in [0, 0.05) is 19.2 Å². The minimum Gasteiger partial charge on any atom is -0.454 e. The molecule has 4 nitrogen and oxygen atoms in total. The Morgan fingerprint density at radius 1 is 1.21 bits per heavy atom. The van der Waals surface area contributed by atoms with E-state index in [1.807, 2.05) is 25.1 Å². The van der Waals surface area contributed by atoms with Crippen LogP contribution in [0.4, 0.5) is 4.39 Å². The first-order chi connectivity index (χ1) is 11.7. The number of halogens is 1. The fraction of sp³-hybridized carbons (Fsp3) is 0.211. The van der Waals surface area contributed by atoms with Crippen molar-refractivity contribution in [1.29, 1.82) is 0 Å². The third-order valence-corrected chi connectivity index (χ3v) is 3.77. The molecule has 5 heteroatoms. The molecular weight excluding hydrogens is 309 g/mol. The first-order valence-electron chi connectivity index (χ1n) is 7.77. The first-order valence-corrected chi connectivity index (χ1v) is 7.77. The van der Waals surface area contributed by atoms with Gasteiger partial charge in [0.2, 0.25) is 12.7 Å². The van der Waals surface area contributed by atoms with E-state index in [9.17, 15) is 9.18 Å². The van der Waals surface area contributed by atoms with E-state index in [4.69, 9.17) is 9.47 Å². The standard InChI is InChI=1S/C19H18FNO3/c1-2-21(12-15-4-3-5-16(20)10-15)19(22)9-7-14-6-8-17-18(11-14)24-13-23-17/h3-11H,2,12-13H2,1H3/b9-7+. The molecule has 0 spiro atoms. The molecule has 1 aliphatic heterocycles. The fourth-order valence-electron chi connectivity index (χ4n) is 2.49. The maximum absolute atomic E-state index is 13.3. The van der Waals surface area contributed by atoms with Gasteiger partial charge in [-0.1, -0.05) is 18.2 Å². The molecular formula is C19H18FNO3. The van der Waals surface area contributed by atoms with Crippen LogP contribution in [-0.4, -0.2) is 24.1 Å². The van der Waals surface area contributed by atoms with Crippen LogP contribution < -0.4 is 9.47 Å². The lowest BCUT2D eigenvalue weighted by Crippen LogP contribution is -2.28. The van der Waals surface area contributed by atoms with Gasteiger partial charge in [0.1, 0.15) is 5.82 Å². The lowest BCUT2D eigenvalue weighted by molar-refractivity contribution is -0.126. The van der Waals surface area contributed by atoms with Gasteiger partial charge < -0.3 is 14.4 Å². The highest BCUT2D eigenvalue weighted by atomic mass is 19.1. The van der Waals surface area contributed by atoms with Gasteiger partial charge in [-0.3, -0.25) is 4.79 Å². The Labute approximate surface area is 140 Å². The van der Waals surface area contributed by atoms with Gasteiger partial charge >= 0.3 is 0 Å². The molecule has 0 radical (unpaired) electrons. The van der Waals surface area contributed by atoms with Crippen molar-refractivity contribution in [2.75, 3.05) is 13.3 Å². The summed E-state index contributed by atoms with van der Waals surface area (Å²) < 4.78 is 23.8. The van der Waals surface area contributed by atoms with E-state index in [-0.39, 0.29) is 18.5 Å². The van der Waals surface area contributed by atoms with Crippen LogP contribution >= 0.6 is 0 Å². The largest absolute Gasteiger partial charge is 0.454 e. The van der Waals surface area contributed by atoms with Gasteiger partial charge in [-0.25, -0.2) is 4.39 Å². The molecule has 0 saturated carbocycles. The van der Waals surface area contributed by atoms with Crippen molar-refractivity contribution >= 4 is 12.0 Å². The molecule has 0 unspecified atom stereocenters. The molecule has 1 heterocycles. The lowest BCUT2D eigenvalue weighted by Gasteiger charge is -2.19. The molecule has 124 valence electrons. The molecule has 0 bridgehead atoms. The van der Waals surface area contributed by atoms with E-state index in [2.05, 4.69) is 0 Å². The number of carbonyl (C=O) groups is 1. The quantitative estimate of drug-likeness (QED) is 0.788. The van der Waals surface area contributed by atoms with Gasteiger partial charge in [0.05, 0.1) is 0 Å². The summed E-state index contributed by atoms with van der Waals surface area (Å²) in [5.74, 6) is 0.961. The zero-order valence-corrected chi connectivity index (χ0v) is 13.4. The number of rotatable bonds is 5. The molecule has 1 aliphatic rings. The Kier molecular flexibility index (Phi) is 4.79. The molecule has 24 heavy (non-hydrogen) atoms. The summed E-state index contributed by atoms with van der Waals surface area (Å²) in [4.78, 5) is 14.0. The Hall–Kier alpha value is -2.82. The summed E-state index contributed by atoms with van der Waals surface area (Å²) in [7, 11) is 0. The number of amides is 1.